The van der Waals surface area contributed by atoms with Gasteiger partial charge in [0.15, 0.2) is 6.10 Å². The summed E-state index contributed by atoms with van der Waals surface area (Å²) in [5.74, 6) is 0.780. The van der Waals surface area contributed by atoms with Crippen LogP contribution in [-0.2, 0) is 4.79 Å². The van der Waals surface area contributed by atoms with Crippen molar-refractivity contribution in [3.8, 4) is 11.5 Å². The van der Waals surface area contributed by atoms with Gasteiger partial charge < -0.3 is 9.47 Å². The summed E-state index contributed by atoms with van der Waals surface area (Å²) >= 11 is 11.9. The molecule has 2 aromatic rings. The number of hydrazone groups is 1. The third-order valence-electron chi connectivity index (χ3n) is 3.48. The molecule has 138 valence electrons. The minimum atomic E-state index is -0.773. The summed E-state index contributed by atoms with van der Waals surface area (Å²) < 4.78 is 11.0. The molecule has 0 aliphatic rings. The average Bonchev–Trinajstić information content (AvgIpc) is 2.62. The van der Waals surface area contributed by atoms with Crippen LogP contribution in [0.3, 0.4) is 0 Å². The molecule has 0 aliphatic heterocycles. The number of ether oxygens (including phenoxy) is 2. The zero-order valence-electron chi connectivity index (χ0n) is 14.8. The van der Waals surface area contributed by atoms with Gasteiger partial charge in [-0.05, 0) is 68.8 Å². The third kappa shape index (κ3) is 5.64. The number of amides is 1. The number of hydrogen-bond acceptors (Lipinski definition) is 4. The summed E-state index contributed by atoms with van der Waals surface area (Å²) in [5.41, 5.74) is 4.04. The van der Waals surface area contributed by atoms with Crippen LogP contribution < -0.4 is 14.9 Å². The Morgan fingerprint density at radius 3 is 2.50 bits per heavy atom. The van der Waals surface area contributed by atoms with Gasteiger partial charge in [-0.3, -0.25) is 4.79 Å². The third-order valence-corrected chi connectivity index (χ3v) is 4.01. The van der Waals surface area contributed by atoms with E-state index >= 15 is 0 Å². The van der Waals surface area contributed by atoms with E-state index in [1.807, 2.05) is 31.2 Å². The maximum Gasteiger partial charge on any atom is 0.280 e. The summed E-state index contributed by atoms with van der Waals surface area (Å²) in [6, 6.07) is 12.3. The fraction of sp³-hybridized carbons (Fsp3) is 0.263. The Bertz CT molecular complexity index is 792. The fourth-order valence-electron chi connectivity index (χ4n) is 2.07. The van der Waals surface area contributed by atoms with Crippen molar-refractivity contribution in [2.45, 2.75) is 26.9 Å². The number of nitrogens with zero attached hydrogens (tertiary/aromatic N) is 1. The number of hydrogen-bond donors (Lipinski definition) is 1. The van der Waals surface area contributed by atoms with E-state index in [0.29, 0.717) is 28.1 Å². The van der Waals surface area contributed by atoms with Crippen molar-refractivity contribution in [3.05, 3.63) is 58.1 Å². The van der Waals surface area contributed by atoms with Gasteiger partial charge in [-0.25, -0.2) is 5.43 Å². The first-order valence-corrected chi connectivity index (χ1v) is 8.85. The van der Waals surface area contributed by atoms with Crippen LogP contribution in [0.15, 0.2) is 47.6 Å². The summed E-state index contributed by atoms with van der Waals surface area (Å²) in [7, 11) is 0. The molecule has 1 atom stereocenters. The second-order valence-electron chi connectivity index (χ2n) is 5.47. The molecule has 0 bridgehead atoms. The van der Waals surface area contributed by atoms with Crippen molar-refractivity contribution >= 4 is 34.8 Å². The predicted octanol–water partition coefficient (Wildman–Crippen LogP) is 4.70. The van der Waals surface area contributed by atoms with Crippen LogP contribution in [0.2, 0.25) is 10.0 Å². The molecule has 26 heavy (non-hydrogen) atoms. The van der Waals surface area contributed by atoms with E-state index in [0.717, 1.165) is 11.3 Å². The van der Waals surface area contributed by atoms with Crippen LogP contribution in [0.5, 0.6) is 11.5 Å². The molecule has 1 unspecified atom stereocenters. The lowest BCUT2D eigenvalue weighted by molar-refractivity contribution is -0.127. The highest BCUT2D eigenvalue weighted by molar-refractivity contribution is 6.35. The molecule has 0 aliphatic carbocycles. The maximum absolute atomic E-state index is 12.2. The van der Waals surface area contributed by atoms with E-state index in [1.165, 1.54) is 0 Å². The molecule has 0 heterocycles. The number of halogens is 2. The Morgan fingerprint density at radius 1 is 1.19 bits per heavy atom. The standard InChI is InChI=1S/C19H20Cl2N2O3/c1-4-25-16-8-5-14(6-9-16)12(2)22-23-19(24)13(3)26-18-10-7-15(20)11-17(18)21/h5-11,13H,4H2,1-3H3,(H,23,24). The Hall–Kier alpha value is -2.24. The van der Waals surface area contributed by atoms with Gasteiger partial charge in [0.1, 0.15) is 11.5 Å². The normalized spacial score (nSPS) is 12.4. The van der Waals surface area contributed by atoms with Gasteiger partial charge in [0.2, 0.25) is 0 Å². The van der Waals surface area contributed by atoms with Gasteiger partial charge in [0.25, 0.3) is 5.91 Å². The highest BCUT2D eigenvalue weighted by atomic mass is 35.5. The van der Waals surface area contributed by atoms with Crippen LogP contribution in [0.1, 0.15) is 26.3 Å². The Balaban J connectivity index is 1.96. The van der Waals surface area contributed by atoms with Gasteiger partial charge in [-0.2, -0.15) is 5.10 Å². The van der Waals surface area contributed by atoms with Crippen molar-refractivity contribution in [2.75, 3.05) is 6.61 Å². The smallest absolute Gasteiger partial charge is 0.280 e. The molecule has 1 amide bonds. The second-order valence-corrected chi connectivity index (χ2v) is 6.31. The van der Waals surface area contributed by atoms with Gasteiger partial charge in [0, 0.05) is 5.02 Å². The van der Waals surface area contributed by atoms with E-state index in [4.69, 9.17) is 32.7 Å². The second kappa shape index (κ2) is 9.46. The SMILES string of the molecule is CCOc1ccc(C(C)=NNC(=O)C(C)Oc2ccc(Cl)cc2Cl)cc1. The predicted molar refractivity (Wildman–Crippen MR) is 105 cm³/mol. The minimum absolute atomic E-state index is 0.339. The van der Waals surface area contributed by atoms with E-state index in [2.05, 4.69) is 10.5 Å². The van der Waals surface area contributed by atoms with E-state index in [9.17, 15) is 4.79 Å². The molecule has 7 heteroatoms. The lowest BCUT2D eigenvalue weighted by atomic mass is 10.1. The van der Waals surface area contributed by atoms with Crippen LogP contribution >= 0.6 is 23.2 Å². The number of carbonyl (C=O) groups is 1. The van der Waals surface area contributed by atoms with Gasteiger partial charge in [-0.15, -0.1) is 0 Å². The first-order valence-electron chi connectivity index (χ1n) is 8.09. The Kier molecular flexibility index (Phi) is 7.30. The van der Waals surface area contributed by atoms with Crippen molar-refractivity contribution in [1.82, 2.24) is 5.43 Å². The van der Waals surface area contributed by atoms with Crippen LogP contribution in [0.4, 0.5) is 0 Å². The highest BCUT2D eigenvalue weighted by Crippen LogP contribution is 2.28. The minimum Gasteiger partial charge on any atom is -0.494 e. The highest BCUT2D eigenvalue weighted by Gasteiger charge is 2.16. The maximum atomic E-state index is 12.2. The summed E-state index contributed by atoms with van der Waals surface area (Å²) in [6.45, 7) is 5.95. The molecule has 0 radical (unpaired) electrons. The molecule has 0 saturated carbocycles. The van der Waals surface area contributed by atoms with Crippen LogP contribution in [-0.4, -0.2) is 24.3 Å². The zero-order valence-corrected chi connectivity index (χ0v) is 16.3. The monoisotopic (exact) mass is 394 g/mol. The van der Waals surface area contributed by atoms with E-state index in [1.54, 1.807) is 32.0 Å². The van der Waals surface area contributed by atoms with Gasteiger partial charge in [0.05, 0.1) is 17.3 Å². The quantitative estimate of drug-likeness (QED) is 0.546. The summed E-state index contributed by atoms with van der Waals surface area (Å²) in [6.07, 6.45) is -0.773. The molecular weight excluding hydrogens is 375 g/mol. The van der Waals surface area contributed by atoms with E-state index < -0.39 is 6.10 Å². The van der Waals surface area contributed by atoms with Crippen molar-refractivity contribution in [2.24, 2.45) is 5.10 Å². The molecule has 0 fully saturated rings. The Morgan fingerprint density at radius 2 is 1.88 bits per heavy atom. The molecule has 0 saturated heterocycles. The van der Waals surface area contributed by atoms with Crippen LogP contribution in [0.25, 0.3) is 0 Å². The molecule has 0 spiro atoms. The van der Waals surface area contributed by atoms with E-state index in [-0.39, 0.29) is 5.91 Å². The molecule has 2 aromatic carbocycles. The molecular formula is C19H20Cl2N2O3. The first kappa shape index (κ1) is 20.1. The summed E-state index contributed by atoms with van der Waals surface area (Å²) in [5, 5.41) is 4.95. The lowest BCUT2D eigenvalue weighted by Gasteiger charge is -2.14. The van der Waals surface area contributed by atoms with Crippen molar-refractivity contribution in [1.29, 1.82) is 0 Å². The topological polar surface area (TPSA) is 59.9 Å². The molecule has 0 aromatic heterocycles. The zero-order chi connectivity index (χ0) is 19.1. The molecule has 2 rings (SSSR count). The first-order chi connectivity index (χ1) is 12.4. The average molecular weight is 395 g/mol. The number of carbonyl (C=O) groups excluding carboxylic acids is 1. The summed E-state index contributed by atoms with van der Waals surface area (Å²) in [4.78, 5) is 12.2. The number of rotatable bonds is 7. The fourth-order valence-corrected chi connectivity index (χ4v) is 2.52. The molecule has 5 nitrogen and oxygen atoms in total. The van der Waals surface area contributed by atoms with Crippen molar-refractivity contribution < 1.29 is 14.3 Å². The van der Waals surface area contributed by atoms with Crippen molar-refractivity contribution in [3.63, 3.8) is 0 Å². The van der Waals surface area contributed by atoms with Crippen LogP contribution in [0, 0.1) is 0 Å². The number of benzene rings is 2. The molecule has 1 N–H and O–H groups in total. The Labute approximate surface area is 162 Å². The van der Waals surface area contributed by atoms with Gasteiger partial charge >= 0.3 is 0 Å². The largest absolute Gasteiger partial charge is 0.494 e. The lowest BCUT2D eigenvalue weighted by Crippen LogP contribution is -2.34. The van der Waals surface area contributed by atoms with Gasteiger partial charge in [-0.1, -0.05) is 23.2 Å². The number of nitrogens with one attached hydrogen (secondary N) is 1.